The maximum absolute atomic E-state index is 12.9. The van der Waals surface area contributed by atoms with E-state index in [4.69, 9.17) is 45.6 Å². The van der Waals surface area contributed by atoms with Gasteiger partial charge in [-0.2, -0.15) is 0 Å². The minimum Gasteiger partial charge on any atom is -0.358 e. The Hall–Kier alpha value is -9.69. The molecule has 6 heterocycles. The summed E-state index contributed by atoms with van der Waals surface area (Å²) in [4.78, 5) is 100. The minimum atomic E-state index is -0.421. The first-order valence-electron chi connectivity index (χ1n) is 31.1. The monoisotopic (exact) mass is 1580 g/mol. The average Bonchev–Trinajstić information content (AvgIpc) is 1.81. The third-order valence-electron chi connectivity index (χ3n) is 15.7. The number of halogens is 6. The summed E-state index contributed by atoms with van der Waals surface area (Å²) in [5.74, 6) is 0.646. The van der Waals surface area contributed by atoms with Crippen molar-refractivity contribution >= 4 is 170 Å². The summed E-state index contributed by atoms with van der Waals surface area (Å²) in [6.07, 6.45) is 9.91. The number of aliphatic imine (C=N–C) groups is 1. The number of anilines is 6. The van der Waals surface area contributed by atoms with Crippen molar-refractivity contribution in [3.63, 3.8) is 0 Å². The summed E-state index contributed by atoms with van der Waals surface area (Å²) in [6.45, 7) is 5.22. The van der Waals surface area contributed by atoms with Crippen molar-refractivity contribution in [2.75, 3.05) is 78.2 Å². The lowest BCUT2D eigenvalue weighted by Gasteiger charge is -2.29. The second kappa shape index (κ2) is 34.2. The zero-order chi connectivity index (χ0) is 70.1. The molecule has 3 aromatic heterocycles. The smallest absolute Gasteiger partial charge is 0.258 e. The summed E-state index contributed by atoms with van der Waals surface area (Å²) in [7, 11) is 1.99. The molecule has 3 aliphatic heterocycles. The number of amides is 6. The standard InChI is InChI=1S/C25H23BrClN5O2.C24H21BrClN5O2.C23H19BrClN5O2/c26-18-8-10-21(20(14-18)25(34)31-22-11-9-19(27)15-29-22)30-24(33)17-6-4-16(5-7-17)23(28)32-12-2-1-3-13-32;25-17-7-9-20(19(13-17)24(33)30-21-10-8-18(26)14-28-21)29-23(32)16-5-3-15(4-6-16)22(27)31-11-1-2-12-31;1-30-11-10-26-21(30)14-2-4-15(5-3-14)22(31)28-19-8-6-16(24)12-18(19)23(32)29-20-9-7-17(25)13-27-20/h4-11,14-15,28H,1-3,12-13H2,(H,30,33)(H,29,31,34);3-10,13-14,27H,1-2,11-12H2,(H,29,32)(H,28,30,33);2-9,12-13H,10-11H2,1H3,(H,28,31)(H,27,29,32). The van der Waals surface area contributed by atoms with Gasteiger partial charge in [-0.05, 0) is 159 Å². The number of piperidine rings is 1. The van der Waals surface area contributed by atoms with Crippen LogP contribution in [0.25, 0.3) is 0 Å². The zero-order valence-corrected chi connectivity index (χ0v) is 60.0. The Balaban J connectivity index is 0.000000161. The first kappa shape index (κ1) is 72.1. The van der Waals surface area contributed by atoms with Gasteiger partial charge in [-0.15, -0.1) is 0 Å². The van der Waals surface area contributed by atoms with E-state index >= 15 is 0 Å². The molecule has 99 heavy (non-hydrogen) atoms. The van der Waals surface area contributed by atoms with E-state index in [0.717, 1.165) is 87.5 Å². The Kier molecular flexibility index (Phi) is 24.9. The first-order valence-corrected chi connectivity index (χ1v) is 34.6. The lowest BCUT2D eigenvalue weighted by Crippen LogP contribution is -2.35. The highest BCUT2D eigenvalue weighted by atomic mass is 79.9. The van der Waals surface area contributed by atoms with E-state index in [0.29, 0.717) is 96.9 Å². The molecule has 0 saturated carbocycles. The number of carbonyl (C=O) groups is 6. The molecule has 21 nitrogen and oxygen atoms in total. The SMILES string of the molecule is CN1CCN=C1c1ccc(C(=O)Nc2ccc(Br)cc2C(=O)Nc2ccc(Cl)cn2)cc1.N=C(c1ccc(C(=O)Nc2ccc(Br)cc2C(=O)Nc2ccc(Cl)cn2)cc1)N1CCCC1.N=C(c1ccc(C(=O)Nc2ccc(Br)cc2C(=O)Nc2ccc(Cl)cn2)cc1)N1CCCCC1. The second-order valence-electron chi connectivity index (χ2n) is 22.7. The van der Waals surface area contributed by atoms with E-state index in [9.17, 15) is 28.8 Å². The van der Waals surface area contributed by atoms with Gasteiger partial charge >= 0.3 is 0 Å². The van der Waals surface area contributed by atoms with E-state index in [1.807, 2.05) is 24.1 Å². The predicted octanol–water partition coefficient (Wildman–Crippen LogP) is 15.9. The Morgan fingerprint density at radius 2 is 0.697 bits per heavy atom. The van der Waals surface area contributed by atoms with E-state index < -0.39 is 17.7 Å². The number of nitrogens with one attached hydrogen (secondary N) is 8. The Labute approximate surface area is 611 Å². The number of aromatic nitrogens is 3. The lowest BCUT2D eigenvalue weighted by molar-refractivity contribution is 0.101. The van der Waals surface area contributed by atoms with Crippen LogP contribution in [0.4, 0.5) is 34.5 Å². The Bertz CT molecular complexity index is 4510. The van der Waals surface area contributed by atoms with Crippen molar-refractivity contribution in [2.45, 2.75) is 32.1 Å². The van der Waals surface area contributed by atoms with Crippen molar-refractivity contribution in [1.29, 1.82) is 10.8 Å². The summed E-state index contributed by atoms with van der Waals surface area (Å²) in [5.41, 5.74) is 5.81. The number of pyridine rings is 3. The molecular weight excluding hydrogens is 1520 g/mol. The van der Waals surface area contributed by atoms with Gasteiger partial charge < -0.3 is 46.6 Å². The van der Waals surface area contributed by atoms with Crippen molar-refractivity contribution in [3.05, 3.63) is 261 Å². The van der Waals surface area contributed by atoms with Crippen LogP contribution < -0.4 is 31.9 Å². The van der Waals surface area contributed by atoms with Gasteiger partial charge in [0.2, 0.25) is 0 Å². The quantitative estimate of drug-likeness (QED) is 0.0351. The van der Waals surface area contributed by atoms with Crippen molar-refractivity contribution < 1.29 is 28.8 Å². The zero-order valence-electron chi connectivity index (χ0n) is 52.9. The third-order valence-corrected chi connectivity index (χ3v) is 17.9. The molecule has 27 heteroatoms. The third kappa shape index (κ3) is 19.8. The van der Waals surface area contributed by atoms with Gasteiger partial charge in [0, 0.05) is 105 Å². The molecule has 0 radical (unpaired) electrons. The molecule has 0 aliphatic carbocycles. The Morgan fingerprint density at radius 3 is 1.00 bits per heavy atom. The molecule has 2 fully saturated rings. The van der Waals surface area contributed by atoms with Gasteiger partial charge in [0.05, 0.1) is 55.4 Å². The summed E-state index contributed by atoms with van der Waals surface area (Å²) in [6, 6.07) is 45.9. The highest BCUT2D eigenvalue weighted by Gasteiger charge is 2.23. The van der Waals surface area contributed by atoms with Crippen molar-refractivity contribution in [2.24, 2.45) is 4.99 Å². The molecule has 6 aromatic carbocycles. The van der Waals surface area contributed by atoms with E-state index in [-0.39, 0.29) is 28.8 Å². The largest absolute Gasteiger partial charge is 0.358 e. The number of likely N-dealkylation sites (tertiary alicyclic amines) is 2. The number of amidine groups is 3. The van der Waals surface area contributed by atoms with Gasteiger partial charge in [0.15, 0.2) is 0 Å². The summed E-state index contributed by atoms with van der Waals surface area (Å²) < 4.78 is 2.09. The number of likely N-dealkylation sites (N-methyl/N-ethyl adjacent to an activating group) is 1. The molecule has 0 spiro atoms. The van der Waals surface area contributed by atoms with Crippen molar-refractivity contribution in [3.8, 4) is 0 Å². The predicted molar refractivity (Wildman–Crippen MR) is 401 cm³/mol. The molecule has 6 amide bonds. The topological polar surface area (TPSA) is 283 Å². The molecule has 0 atom stereocenters. The molecule has 504 valence electrons. The number of nitrogens with zero attached hydrogens (tertiary/aromatic N) is 7. The minimum absolute atomic E-state index is 0.280. The maximum atomic E-state index is 12.9. The highest BCUT2D eigenvalue weighted by Crippen LogP contribution is 2.28. The number of carbonyl (C=O) groups excluding carboxylic acids is 6. The molecule has 2 saturated heterocycles. The van der Waals surface area contributed by atoms with Crippen molar-refractivity contribution in [1.82, 2.24) is 29.7 Å². The van der Waals surface area contributed by atoms with Gasteiger partial charge in [0.1, 0.15) is 35.0 Å². The molecular formula is C72H63Br3Cl3N15O6. The number of hydrogen-bond acceptors (Lipinski definition) is 13. The fourth-order valence-electron chi connectivity index (χ4n) is 10.5. The van der Waals surface area contributed by atoms with Crippen LogP contribution in [0.2, 0.25) is 15.1 Å². The summed E-state index contributed by atoms with van der Waals surface area (Å²) in [5, 5.41) is 34.8. The fourth-order valence-corrected chi connectivity index (χ4v) is 11.9. The van der Waals surface area contributed by atoms with E-state index in [1.54, 1.807) is 152 Å². The van der Waals surface area contributed by atoms with Crippen LogP contribution in [0.5, 0.6) is 0 Å². The van der Waals surface area contributed by atoms with Gasteiger partial charge in [0.25, 0.3) is 35.4 Å². The average molecular weight is 1580 g/mol. The molecule has 12 rings (SSSR count). The first-order chi connectivity index (χ1) is 47.7. The number of hydrogen-bond donors (Lipinski definition) is 8. The molecule has 8 N–H and O–H groups in total. The van der Waals surface area contributed by atoms with Gasteiger partial charge in [-0.3, -0.25) is 44.6 Å². The van der Waals surface area contributed by atoms with E-state index in [1.165, 1.54) is 25.0 Å². The van der Waals surface area contributed by atoms with Gasteiger partial charge in [-0.25, -0.2) is 15.0 Å². The van der Waals surface area contributed by atoms with E-state index in [2.05, 4.69) is 109 Å². The second-order valence-corrected chi connectivity index (χ2v) is 26.7. The summed E-state index contributed by atoms with van der Waals surface area (Å²) >= 11 is 27.7. The molecule has 0 bridgehead atoms. The van der Waals surface area contributed by atoms with Crippen LogP contribution in [-0.4, -0.2) is 129 Å². The highest BCUT2D eigenvalue weighted by molar-refractivity contribution is 9.11. The molecule has 9 aromatic rings. The van der Waals surface area contributed by atoms with Crippen LogP contribution >= 0.6 is 82.6 Å². The number of rotatable bonds is 15. The normalized spacial score (nSPS) is 13.1. The van der Waals surface area contributed by atoms with Crippen LogP contribution in [0, 0.1) is 10.8 Å². The van der Waals surface area contributed by atoms with Crippen LogP contribution in [-0.2, 0) is 0 Å². The van der Waals surface area contributed by atoms with Crippen LogP contribution in [0.1, 0.15) is 111 Å². The molecule has 3 aliphatic rings. The van der Waals surface area contributed by atoms with Crippen LogP contribution in [0.3, 0.4) is 0 Å². The van der Waals surface area contributed by atoms with Gasteiger partial charge in [-0.1, -0.05) is 119 Å². The Morgan fingerprint density at radius 1 is 0.384 bits per heavy atom. The fraction of sp³-hybridized carbons (Fsp3) is 0.167. The molecule has 0 unspecified atom stereocenters. The number of benzene rings is 6. The maximum Gasteiger partial charge on any atom is 0.258 e. The lowest BCUT2D eigenvalue weighted by atomic mass is 10.1. The van der Waals surface area contributed by atoms with Crippen LogP contribution in [0.15, 0.2) is 201 Å².